The van der Waals surface area contributed by atoms with Gasteiger partial charge in [-0.2, -0.15) is 5.26 Å². The molecule has 0 fully saturated rings. The number of alkyl halides is 1. The highest BCUT2D eigenvalue weighted by atomic mass is 35.5. The number of aromatic nitrogens is 2. The van der Waals surface area contributed by atoms with Gasteiger partial charge in [0.15, 0.2) is 0 Å². The molecule has 0 unspecified atom stereocenters. The van der Waals surface area contributed by atoms with Crippen molar-refractivity contribution in [1.82, 2.24) is 9.55 Å². The molecule has 2 aromatic carbocycles. The maximum atomic E-state index is 9.20. The minimum absolute atomic E-state index is 0.197. The molecule has 0 radical (unpaired) electrons. The Labute approximate surface area is 136 Å². The number of benzene rings is 2. The van der Waals surface area contributed by atoms with E-state index in [1.807, 2.05) is 10.6 Å². The molecule has 0 spiro atoms. The summed E-state index contributed by atoms with van der Waals surface area (Å²) in [7, 11) is 0. The first kappa shape index (κ1) is 14.2. The van der Waals surface area contributed by atoms with Crippen LogP contribution >= 0.6 is 34.8 Å². The van der Waals surface area contributed by atoms with E-state index in [1.54, 1.807) is 30.3 Å². The zero-order chi connectivity index (χ0) is 15.0. The smallest absolute Gasteiger partial charge is 0.129 e. The number of fused-ring (bicyclic) bond motifs is 1. The largest absolute Gasteiger partial charge is 0.294 e. The van der Waals surface area contributed by atoms with Crippen molar-refractivity contribution in [3.05, 3.63) is 57.8 Å². The molecule has 1 aromatic heterocycles. The van der Waals surface area contributed by atoms with Gasteiger partial charge in [-0.25, -0.2) is 4.98 Å². The Balaban J connectivity index is 2.42. The summed E-state index contributed by atoms with van der Waals surface area (Å²) in [5.41, 5.74) is 2.56. The first-order chi connectivity index (χ1) is 10.2. The first-order valence-electron chi connectivity index (χ1n) is 6.07. The zero-order valence-electron chi connectivity index (χ0n) is 10.6. The Kier molecular flexibility index (Phi) is 3.77. The van der Waals surface area contributed by atoms with Crippen molar-refractivity contribution in [3.63, 3.8) is 0 Å². The van der Waals surface area contributed by atoms with Crippen LogP contribution in [0, 0.1) is 11.3 Å². The van der Waals surface area contributed by atoms with E-state index >= 15 is 0 Å². The third kappa shape index (κ3) is 2.36. The summed E-state index contributed by atoms with van der Waals surface area (Å²) in [6, 6.07) is 12.7. The molecular weight excluding hydrogens is 329 g/mol. The molecule has 6 heteroatoms. The van der Waals surface area contributed by atoms with Crippen molar-refractivity contribution in [2.45, 2.75) is 5.88 Å². The Morgan fingerprint density at radius 1 is 1.19 bits per heavy atom. The van der Waals surface area contributed by atoms with Crippen LogP contribution in [0.5, 0.6) is 0 Å². The van der Waals surface area contributed by atoms with Gasteiger partial charge in [-0.3, -0.25) is 4.57 Å². The van der Waals surface area contributed by atoms with Crippen LogP contribution in [0.1, 0.15) is 11.4 Å². The van der Waals surface area contributed by atoms with E-state index in [-0.39, 0.29) is 5.88 Å². The van der Waals surface area contributed by atoms with Gasteiger partial charge in [0.25, 0.3) is 0 Å². The molecule has 0 aliphatic carbocycles. The maximum absolute atomic E-state index is 9.20. The quantitative estimate of drug-likeness (QED) is 0.622. The van der Waals surface area contributed by atoms with Gasteiger partial charge in [0, 0.05) is 5.02 Å². The van der Waals surface area contributed by atoms with Gasteiger partial charge >= 0.3 is 0 Å². The van der Waals surface area contributed by atoms with Crippen LogP contribution in [0.2, 0.25) is 10.0 Å². The van der Waals surface area contributed by atoms with E-state index in [0.29, 0.717) is 32.6 Å². The van der Waals surface area contributed by atoms with Gasteiger partial charge in [0.05, 0.1) is 27.7 Å². The van der Waals surface area contributed by atoms with E-state index < -0.39 is 0 Å². The van der Waals surface area contributed by atoms with E-state index in [4.69, 9.17) is 34.8 Å². The lowest BCUT2D eigenvalue weighted by Crippen LogP contribution is -2.00. The van der Waals surface area contributed by atoms with Crippen LogP contribution in [-0.2, 0) is 5.88 Å². The van der Waals surface area contributed by atoms with Crippen molar-refractivity contribution in [2.24, 2.45) is 0 Å². The van der Waals surface area contributed by atoms with Crippen molar-refractivity contribution >= 4 is 45.8 Å². The van der Waals surface area contributed by atoms with Crippen LogP contribution in [0.25, 0.3) is 16.7 Å². The zero-order valence-corrected chi connectivity index (χ0v) is 12.9. The third-order valence-electron chi connectivity index (χ3n) is 3.14. The van der Waals surface area contributed by atoms with E-state index in [1.165, 1.54) is 0 Å². The molecule has 1 heterocycles. The standard InChI is InChI=1S/C15H8Cl3N3/c16-7-14-20-15-9(8-19)2-1-3-12(15)21(14)13-6-10(17)4-5-11(13)18/h1-6H,7H2. The Hall–Kier alpha value is -1.73. The van der Waals surface area contributed by atoms with Crippen LogP contribution in [-0.4, -0.2) is 9.55 Å². The molecule has 0 N–H and O–H groups in total. The summed E-state index contributed by atoms with van der Waals surface area (Å²) in [5.74, 6) is 0.807. The Morgan fingerprint density at radius 3 is 2.71 bits per heavy atom. The molecular formula is C15H8Cl3N3. The number of para-hydroxylation sites is 1. The maximum Gasteiger partial charge on any atom is 0.129 e. The fourth-order valence-electron chi connectivity index (χ4n) is 2.25. The Morgan fingerprint density at radius 2 is 2.00 bits per heavy atom. The number of hydrogen-bond donors (Lipinski definition) is 0. The second-order valence-corrected chi connectivity index (χ2v) is 5.49. The monoisotopic (exact) mass is 335 g/mol. The second kappa shape index (κ2) is 5.57. The SMILES string of the molecule is N#Cc1cccc2c1nc(CCl)n2-c1cc(Cl)ccc1Cl. The molecule has 0 saturated carbocycles. The summed E-state index contributed by atoms with van der Waals surface area (Å²) in [5, 5.41) is 10.3. The number of halogens is 3. The fraction of sp³-hybridized carbons (Fsp3) is 0.0667. The minimum Gasteiger partial charge on any atom is -0.294 e. The van der Waals surface area contributed by atoms with Gasteiger partial charge in [-0.15, -0.1) is 11.6 Å². The van der Waals surface area contributed by atoms with E-state index in [2.05, 4.69) is 11.1 Å². The highest BCUT2D eigenvalue weighted by molar-refractivity contribution is 6.34. The topological polar surface area (TPSA) is 41.6 Å². The molecule has 21 heavy (non-hydrogen) atoms. The lowest BCUT2D eigenvalue weighted by atomic mass is 10.2. The number of hydrogen-bond acceptors (Lipinski definition) is 2. The molecule has 3 aromatic rings. The fourth-order valence-corrected chi connectivity index (χ4v) is 2.80. The number of nitrogens with zero attached hydrogens (tertiary/aromatic N) is 3. The normalized spacial score (nSPS) is 10.8. The lowest BCUT2D eigenvalue weighted by Gasteiger charge is -2.10. The minimum atomic E-state index is 0.197. The predicted molar refractivity (Wildman–Crippen MR) is 85.4 cm³/mol. The highest BCUT2D eigenvalue weighted by Gasteiger charge is 2.16. The molecule has 0 saturated heterocycles. The van der Waals surface area contributed by atoms with Crippen molar-refractivity contribution in [2.75, 3.05) is 0 Å². The summed E-state index contributed by atoms with van der Waals surface area (Å²) >= 11 is 18.3. The van der Waals surface area contributed by atoms with E-state index in [0.717, 1.165) is 5.52 Å². The molecule has 0 bridgehead atoms. The van der Waals surface area contributed by atoms with Crippen molar-refractivity contribution < 1.29 is 0 Å². The third-order valence-corrected chi connectivity index (χ3v) is 3.94. The van der Waals surface area contributed by atoms with Gasteiger partial charge in [0.2, 0.25) is 0 Å². The summed E-state index contributed by atoms with van der Waals surface area (Å²) in [4.78, 5) is 4.46. The molecule has 0 aliphatic heterocycles. The molecule has 3 rings (SSSR count). The highest BCUT2D eigenvalue weighted by Crippen LogP contribution is 2.30. The number of rotatable bonds is 2. The summed E-state index contributed by atoms with van der Waals surface area (Å²) in [6.07, 6.45) is 0. The second-order valence-electron chi connectivity index (χ2n) is 4.38. The van der Waals surface area contributed by atoms with Crippen LogP contribution in [0.4, 0.5) is 0 Å². The van der Waals surface area contributed by atoms with Gasteiger partial charge in [0.1, 0.15) is 17.4 Å². The molecule has 3 nitrogen and oxygen atoms in total. The molecule has 0 amide bonds. The summed E-state index contributed by atoms with van der Waals surface area (Å²) in [6.45, 7) is 0. The average Bonchev–Trinajstić information content (AvgIpc) is 2.88. The van der Waals surface area contributed by atoms with Gasteiger partial charge < -0.3 is 0 Å². The predicted octanol–water partition coefficient (Wildman–Crippen LogP) is 4.94. The number of nitriles is 1. The first-order valence-corrected chi connectivity index (χ1v) is 7.36. The molecule has 104 valence electrons. The summed E-state index contributed by atoms with van der Waals surface area (Å²) < 4.78 is 1.83. The van der Waals surface area contributed by atoms with Gasteiger partial charge in [-0.05, 0) is 30.3 Å². The lowest BCUT2D eigenvalue weighted by molar-refractivity contribution is 0.982. The van der Waals surface area contributed by atoms with Crippen molar-refractivity contribution in [3.8, 4) is 11.8 Å². The average molecular weight is 337 g/mol. The van der Waals surface area contributed by atoms with Crippen LogP contribution < -0.4 is 0 Å². The molecule has 0 atom stereocenters. The Bertz CT molecular complexity index is 878. The molecule has 0 aliphatic rings. The van der Waals surface area contributed by atoms with Crippen LogP contribution in [0.3, 0.4) is 0 Å². The van der Waals surface area contributed by atoms with Gasteiger partial charge in [-0.1, -0.05) is 29.3 Å². The van der Waals surface area contributed by atoms with E-state index in [9.17, 15) is 5.26 Å². The van der Waals surface area contributed by atoms with Crippen LogP contribution in [0.15, 0.2) is 36.4 Å². The number of imidazole rings is 1. The van der Waals surface area contributed by atoms with Crippen molar-refractivity contribution in [1.29, 1.82) is 5.26 Å².